The molecule has 27 heavy (non-hydrogen) atoms. The molecule has 0 fully saturated rings. The average molecular weight is 396 g/mol. The summed E-state index contributed by atoms with van der Waals surface area (Å²) in [6, 6.07) is 22.3. The molecule has 138 valence electrons. The van der Waals surface area contributed by atoms with Gasteiger partial charge in [0.1, 0.15) is 0 Å². The van der Waals surface area contributed by atoms with Crippen molar-refractivity contribution in [2.75, 3.05) is 11.1 Å². The summed E-state index contributed by atoms with van der Waals surface area (Å²) in [5, 5.41) is 5.68. The summed E-state index contributed by atoms with van der Waals surface area (Å²) in [4.78, 5) is 12.0. The number of amides is 1. The summed E-state index contributed by atoms with van der Waals surface area (Å²) in [7, 11) is 0. The minimum absolute atomic E-state index is 0.116. The van der Waals surface area contributed by atoms with E-state index in [0.717, 1.165) is 22.2 Å². The van der Waals surface area contributed by atoms with Crippen LogP contribution in [0.25, 0.3) is 10.8 Å². The molecule has 6 heteroatoms. The number of hydrogen-bond acceptors (Lipinski definition) is 3. The van der Waals surface area contributed by atoms with E-state index in [0.29, 0.717) is 10.9 Å². The number of anilines is 1. The normalized spacial score (nSPS) is 10.4. The molecule has 0 aliphatic rings. The van der Waals surface area contributed by atoms with Gasteiger partial charge in [-0.3, -0.25) is 15.6 Å². The smallest absolute Gasteiger partial charge is 0.248 e. The van der Waals surface area contributed by atoms with E-state index in [2.05, 4.69) is 47.4 Å². The van der Waals surface area contributed by atoms with E-state index in [1.165, 1.54) is 11.1 Å². The van der Waals surface area contributed by atoms with E-state index < -0.39 is 0 Å². The first-order valence-corrected chi connectivity index (χ1v) is 10.1. The number of aryl methyl sites for hydroxylation is 1. The second kappa shape index (κ2) is 9.39. The fourth-order valence-electron chi connectivity index (χ4n) is 2.60. The summed E-state index contributed by atoms with van der Waals surface area (Å²) >= 11 is 6.84. The van der Waals surface area contributed by atoms with E-state index in [-0.39, 0.29) is 5.91 Å². The second-order valence-corrected chi connectivity index (χ2v) is 7.53. The minimum Gasteiger partial charge on any atom is -0.331 e. The van der Waals surface area contributed by atoms with Crippen LogP contribution in [0.1, 0.15) is 11.1 Å². The van der Waals surface area contributed by atoms with E-state index in [1.54, 1.807) is 11.8 Å². The van der Waals surface area contributed by atoms with E-state index in [9.17, 15) is 4.79 Å². The fraction of sp³-hybridized carbons (Fsp3) is 0.143. The summed E-state index contributed by atoms with van der Waals surface area (Å²) in [6.45, 7) is 2.06. The van der Waals surface area contributed by atoms with Gasteiger partial charge in [-0.05, 0) is 36.2 Å². The molecule has 0 atom stereocenters. The highest BCUT2D eigenvalue weighted by Gasteiger charge is 2.05. The average Bonchev–Trinajstić information content (AvgIpc) is 2.68. The van der Waals surface area contributed by atoms with Gasteiger partial charge in [-0.15, -0.1) is 11.8 Å². The zero-order valence-corrected chi connectivity index (χ0v) is 16.6. The highest BCUT2D eigenvalue weighted by atomic mass is 32.2. The van der Waals surface area contributed by atoms with Gasteiger partial charge >= 0.3 is 0 Å². The van der Waals surface area contributed by atoms with Crippen LogP contribution in [-0.4, -0.2) is 16.8 Å². The molecule has 3 rings (SSSR count). The van der Waals surface area contributed by atoms with Crippen LogP contribution in [0.4, 0.5) is 5.69 Å². The Morgan fingerprint density at radius 2 is 1.70 bits per heavy atom. The molecule has 0 bridgehead atoms. The highest BCUT2D eigenvalue weighted by Crippen LogP contribution is 2.22. The Hall–Kier alpha value is -2.57. The lowest BCUT2D eigenvalue weighted by molar-refractivity contribution is -0.119. The predicted octanol–water partition coefficient (Wildman–Crippen LogP) is 4.40. The van der Waals surface area contributed by atoms with Gasteiger partial charge in [-0.25, -0.2) is 0 Å². The molecular weight excluding hydrogens is 374 g/mol. The largest absolute Gasteiger partial charge is 0.331 e. The number of hydrazine groups is 1. The van der Waals surface area contributed by atoms with Crippen molar-refractivity contribution in [1.29, 1.82) is 0 Å². The molecule has 0 saturated carbocycles. The zero-order chi connectivity index (χ0) is 19.1. The van der Waals surface area contributed by atoms with Crippen LogP contribution in [0.3, 0.4) is 0 Å². The quantitative estimate of drug-likeness (QED) is 0.442. The minimum atomic E-state index is -0.116. The van der Waals surface area contributed by atoms with Gasteiger partial charge < -0.3 is 5.32 Å². The molecular formula is C21H21N3OS2. The third kappa shape index (κ3) is 5.70. The summed E-state index contributed by atoms with van der Waals surface area (Å²) in [6.07, 6.45) is 0. The Balaban J connectivity index is 1.43. The first-order valence-electron chi connectivity index (χ1n) is 8.59. The van der Waals surface area contributed by atoms with Crippen LogP contribution in [0.2, 0.25) is 0 Å². The molecule has 3 aromatic carbocycles. The predicted molar refractivity (Wildman–Crippen MR) is 119 cm³/mol. The molecule has 0 heterocycles. The number of benzene rings is 3. The van der Waals surface area contributed by atoms with Crippen molar-refractivity contribution in [2.24, 2.45) is 0 Å². The Labute approximate surface area is 168 Å². The second-order valence-electron chi connectivity index (χ2n) is 6.13. The standard InChI is InChI=1S/C21H21N3OS2/c1-15-9-11-16(12-10-15)13-27-14-20(25)23-24-21(26)22-19-8-4-6-17-5-2-3-7-18(17)19/h2-12H,13-14H2,1H3,(H,23,25)(H2,22,24,26). The van der Waals surface area contributed by atoms with Crippen LogP contribution in [0.15, 0.2) is 66.7 Å². The van der Waals surface area contributed by atoms with Crippen molar-refractivity contribution in [3.8, 4) is 0 Å². The Kier molecular flexibility index (Phi) is 6.68. The fourth-order valence-corrected chi connectivity index (χ4v) is 3.55. The molecule has 3 aromatic rings. The van der Waals surface area contributed by atoms with Crippen LogP contribution in [0.5, 0.6) is 0 Å². The first kappa shape index (κ1) is 19.2. The number of carbonyl (C=O) groups excluding carboxylic acids is 1. The van der Waals surface area contributed by atoms with Gasteiger partial charge in [0.05, 0.1) is 5.75 Å². The molecule has 0 aliphatic carbocycles. The maximum Gasteiger partial charge on any atom is 0.248 e. The molecule has 0 spiro atoms. The van der Waals surface area contributed by atoms with Gasteiger partial charge in [0.25, 0.3) is 0 Å². The topological polar surface area (TPSA) is 53.2 Å². The van der Waals surface area contributed by atoms with Gasteiger partial charge in [0, 0.05) is 16.8 Å². The Morgan fingerprint density at radius 3 is 2.52 bits per heavy atom. The summed E-state index contributed by atoms with van der Waals surface area (Å²) < 4.78 is 0. The highest BCUT2D eigenvalue weighted by molar-refractivity contribution is 7.99. The number of rotatable bonds is 5. The molecule has 3 N–H and O–H groups in total. The van der Waals surface area contributed by atoms with Gasteiger partial charge in [-0.1, -0.05) is 66.2 Å². The lowest BCUT2D eigenvalue weighted by Crippen LogP contribution is -2.44. The molecule has 1 amide bonds. The zero-order valence-electron chi connectivity index (χ0n) is 15.0. The number of thiocarbonyl (C=S) groups is 1. The first-order chi connectivity index (χ1) is 13.1. The van der Waals surface area contributed by atoms with Gasteiger partial charge in [0.2, 0.25) is 5.91 Å². The Bertz CT molecular complexity index is 936. The molecule has 4 nitrogen and oxygen atoms in total. The van der Waals surface area contributed by atoms with Gasteiger partial charge in [-0.2, -0.15) is 0 Å². The number of hydrogen-bond donors (Lipinski definition) is 3. The van der Waals surface area contributed by atoms with Crippen molar-refractivity contribution in [3.63, 3.8) is 0 Å². The van der Waals surface area contributed by atoms with Crippen LogP contribution in [0, 0.1) is 6.92 Å². The lowest BCUT2D eigenvalue weighted by Gasteiger charge is -2.13. The summed E-state index contributed by atoms with van der Waals surface area (Å²) in [5.74, 6) is 1.04. The van der Waals surface area contributed by atoms with E-state index in [1.807, 2.05) is 42.5 Å². The van der Waals surface area contributed by atoms with Crippen molar-refractivity contribution >= 4 is 51.5 Å². The van der Waals surface area contributed by atoms with Crippen molar-refractivity contribution in [2.45, 2.75) is 12.7 Å². The third-order valence-electron chi connectivity index (χ3n) is 3.98. The van der Waals surface area contributed by atoms with Crippen molar-refractivity contribution in [3.05, 3.63) is 77.9 Å². The van der Waals surface area contributed by atoms with Gasteiger partial charge in [0.15, 0.2) is 5.11 Å². The number of fused-ring (bicyclic) bond motifs is 1. The van der Waals surface area contributed by atoms with Crippen LogP contribution < -0.4 is 16.2 Å². The maximum atomic E-state index is 12.0. The number of carbonyl (C=O) groups is 1. The number of nitrogens with one attached hydrogen (secondary N) is 3. The van der Waals surface area contributed by atoms with Crippen LogP contribution in [-0.2, 0) is 10.5 Å². The molecule has 0 aliphatic heterocycles. The van der Waals surface area contributed by atoms with E-state index in [4.69, 9.17) is 12.2 Å². The summed E-state index contributed by atoms with van der Waals surface area (Å²) in [5.41, 5.74) is 8.73. The van der Waals surface area contributed by atoms with Crippen molar-refractivity contribution in [1.82, 2.24) is 10.9 Å². The molecule has 0 radical (unpaired) electrons. The van der Waals surface area contributed by atoms with Crippen LogP contribution >= 0.6 is 24.0 Å². The lowest BCUT2D eigenvalue weighted by atomic mass is 10.1. The molecule has 0 saturated heterocycles. The SMILES string of the molecule is Cc1ccc(CSCC(=O)NNC(=S)Nc2cccc3ccccc23)cc1. The Morgan fingerprint density at radius 1 is 0.963 bits per heavy atom. The third-order valence-corrected chi connectivity index (χ3v) is 5.18. The van der Waals surface area contributed by atoms with Crippen molar-refractivity contribution < 1.29 is 4.79 Å². The van der Waals surface area contributed by atoms with E-state index >= 15 is 0 Å². The monoisotopic (exact) mass is 395 g/mol. The molecule has 0 unspecified atom stereocenters. The maximum absolute atomic E-state index is 12.0. The number of thioether (sulfide) groups is 1. The molecule has 0 aromatic heterocycles.